The quantitative estimate of drug-likeness (QED) is 0.806. The van der Waals surface area contributed by atoms with Gasteiger partial charge in [0.05, 0.1) is 0 Å². The molecule has 1 aromatic carbocycles. The first kappa shape index (κ1) is 15.0. The number of aliphatic carboxylic acids is 1. The average Bonchev–Trinajstić information content (AvgIpc) is 2.45. The minimum atomic E-state index is -0.723. The van der Waals surface area contributed by atoms with E-state index in [4.69, 9.17) is 0 Å². The van der Waals surface area contributed by atoms with Crippen molar-refractivity contribution >= 4 is 5.97 Å². The van der Waals surface area contributed by atoms with Crippen molar-refractivity contribution in [2.75, 3.05) is 6.54 Å². The summed E-state index contributed by atoms with van der Waals surface area (Å²) in [5, 5.41) is 9.63. The maximum Gasteiger partial charge on any atom is 0.325 e. The van der Waals surface area contributed by atoms with Gasteiger partial charge in [0.2, 0.25) is 0 Å². The Balaban J connectivity index is 2.16. The third kappa shape index (κ3) is 3.21. The molecule has 2 atom stereocenters. The molecule has 20 heavy (non-hydrogen) atoms. The van der Waals surface area contributed by atoms with Crippen LogP contribution in [0, 0.1) is 0 Å². The number of benzene rings is 1. The van der Waals surface area contributed by atoms with Crippen molar-refractivity contribution in [1.82, 2.24) is 4.90 Å². The van der Waals surface area contributed by atoms with Crippen LogP contribution >= 0.6 is 0 Å². The average molecular weight is 275 g/mol. The molecule has 0 saturated heterocycles. The van der Waals surface area contributed by atoms with E-state index in [1.165, 1.54) is 24.8 Å². The highest BCUT2D eigenvalue weighted by Gasteiger charge is 2.34. The van der Waals surface area contributed by atoms with Crippen molar-refractivity contribution in [3.05, 3.63) is 35.4 Å². The first-order chi connectivity index (χ1) is 9.65. The lowest BCUT2D eigenvalue weighted by molar-refractivity contribution is -0.145. The smallest absolute Gasteiger partial charge is 0.325 e. The van der Waals surface area contributed by atoms with Gasteiger partial charge in [-0.3, -0.25) is 9.69 Å². The van der Waals surface area contributed by atoms with Crippen LogP contribution in [0.1, 0.15) is 56.7 Å². The lowest BCUT2D eigenvalue weighted by Crippen LogP contribution is -2.44. The van der Waals surface area contributed by atoms with Crippen LogP contribution in [0.5, 0.6) is 0 Å². The maximum atomic E-state index is 11.7. The van der Waals surface area contributed by atoms with Gasteiger partial charge in [0.15, 0.2) is 0 Å². The van der Waals surface area contributed by atoms with Crippen molar-refractivity contribution in [1.29, 1.82) is 0 Å². The Morgan fingerprint density at radius 1 is 1.40 bits per heavy atom. The molecule has 3 nitrogen and oxygen atoms in total. The van der Waals surface area contributed by atoms with Crippen LogP contribution in [0.15, 0.2) is 24.3 Å². The van der Waals surface area contributed by atoms with Crippen molar-refractivity contribution < 1.29 is 9.90 Å². The lowest BCUT2D eigenvalue weighted by Gasteiger charge is -2.39. The van der Waals surface area contributed by atoms with Gasteiger partial charge < -0.3 is 5.11 Å². The summed E-state index contributed by atoms with van der Waals surface area (Å²) in [5.41, 5.74) is 2.17. The monoisotopic (exact) mass is 275 g/mol. The van der Waals surface area contributed by atoms with Gasteiger partial charge in [0, 0.05) is 12.6 Å². The zero-order valence-corrected chi connectivity index (χ0v) is 12.5. The molecule has 1 aliphatic heterocycles. The molecule has 1 heterocycles. The predicted molar refractivity (Wildman–Crippen MR) is 80.8 cm³/mol. The first-order valence-electron chi connectivity index (χ1n) is 7.71. The minimum absolute atomic E-state index is 0.330. The Hall–Kier alpha value is -1.35. The molecule has 0 aliphatic carbocycles. The van der Waals surface area contributed by atoms with Crippen molar-refractivity contribution in [3.63, 3.8) is 0 Å². The Kier molecular flexibility index (Phi) is 5.18. The molecular weight excluding hydrogens is 250 g/mol. The molecule has 2 rings (SSSR count). The summed E-state index contributed by atoms with van der Waals surface area (Å²) >= 11 is 0. The number of hydrogen-bond acceptors (Lipinski definition) is 2. The summed E-state index contributed by atoms with van der Waals surface area (Å²) in [6, 6.07) is 7.83. The molecule has 1 aliphatic rings. The van der Waals surface area contributed by atoms with Gasteiger partial charge in [-0.2, -0.15) is 0 Å². The number of rotatable bonds is 6. The number of fused-ring (bicyclic) bond motifs is 1. The molecule has 0 radical (unpaired) electrons. The Labute approximate surface area is 121 Å². The number of nitrogens with zero attached hydrogens (tertiary/aromatic N) is 1. The van der Waals surface area contributed by atoms with E-state index < -0.39 is 12.0 Å². The zero-order chi connectivity index (χ0) is 14.5. The number of unbranched alkanes of at least 4 members (excludes halogenated alkanes) is 2. The topological polar surface area (TPSA) is 40.5 Å². The molecule has 0 bridgehead atoms. The standard InChI is InChI=1S/C17H25NO2/c1-3-4-5-8-13(2)18-12-11-14-9-6-7-10-15(14)16(18)17(19)20/h6-7,9-10,13,16H,3-5,8,11-12H2,1-2H3,(H,19,20). The fourth-order valence-corrected chi connectivity index (χ4v) is 3.19. The van der Waals surface area contributed by atoms with E-state index in [1.807, 2.05) is 18.2 Å². The van der Waals surface area contributed by atoms with Crippen molar-refractivity contribution in [2.24, 2.45) is 0 Å². The highest BCUT2D eigenvalue weighted by Crippen LogP contribution is 2.32. The van der Waals surface area contributed by atoms with Crippen LogP contribution in [0.2, 0.25) is 0 Å². The maximum absolute atomic E-state index is 11.7. The molecule has 3 heteroatoms. The van der Waals surface area contributed by atoms with Gasteiger partial charge >= 0.3 is 5.97 Å². The summed E-state index contributed by atoms with van der Waals surface area (Å²) in [7, 11) is 0. The van der Waals surface area contributed by atoms with Gasteiger partial charge in [-0.25, -0.2) is 0 Å². The third-order valence-corrected chi connectivity index (χ3v) is 4.35. The second-order valence-corrected chi connectivity index (χ2v) is 5.77. The van der Waals surface area contributed by atoms with Gasteiger partial charge in [-0.15, -0.1) is 0 Å². The first-order valence-corrected chi connectivity index (χ1v) is 7.71. The van der Waals surface area contributed by atoms with E-state index in [0.29, 0.717) is 6.04 Å². The highest BCUT2D eigenvalue weighted by molar-refractivity contribution is 5.76. The van der Waals surface area contributed by atoms with Crippen LogP contribution < -0.4 is 0 Å². The second-order valence-electron chi connectivity index (χ2n) is 5.77. The molecule has 0 saturated carbocycles. The third-order valence-electron chi connectivity index (χ3n) is 4.35. The Morgan fingerprint density at radius 2 is 2.15 bits per heavy atom. The van der Waals surface area contributed by atoms with E-state index >= 15 is 0 Å². The Morgan fingerprint density at radius 3 is 2.85 bits per heavy atom. The minimum Gasteiger partial charge on any atom is -0.480 e. The molecule has 0 aromatic heterocycles. The van der Waals surface area contributed by atoms with Gasteiger partial charge in [-0.05, 0) is 30.9 Å². The number of carbonyl (C=O) groups is 1. The molecule has 0 spiro atoms. The summed E-state index contributed by atoms with van der Waals surface area (Å²) in [5.74, 6) is -0.723. The Bertz CT molecular complexity index is 458. The highest BCUT2D eigenvalue weighted by atomic mass is 16.4. The molecule has 110 valence electrons. The lowest BCUT2D eigenvalue weighted by atomic mass is 9.90. The van der Waals surface area contributed by atoms with Gasteiger partial charge in [0.25, 0.3) is 0 Å². The second kappa shape index (κ2) is 6.89. The molecule has 1 aromatic rings. The van der Waals surface area contributed by atoms with E-state index in [9.17, 15) is 9.90 Å². The summed E-state index contributed by atoms with van der Waals surface area (Å²) < 4.78 is 0. The predicted octanol–water partition coefficient (Wildman–Crippen LogP) is 3.64. The number of carboxylic acid groups (broad SMARTS) is 1. The van der Waals surface area contributed by atoms with Gasteiger partial charge in [-0.1, -0.05) is 50.5 Å². The van der Waals surface area contributed by atoms with Crippen LogP contribution in [0.25, 0.3) is 0 Å². The fraction of sp³-hybridized carbons (Fsp3) is 0.588. The van der Waals surface area contributed by atoms with Crippen LogP contribution in [-0.2, 0) is 11.2 Å². The fourth-order valence-electron chi connectivity index (χ4n) is 3.19. The van der Waals surface area contributed by atoms with Crippen LogP contribution in [-0.4, -0.2) is 28.6 Å². The summed E-state index contributed by atoms with van der Waals surface area (Å²) in [6.45, 7) is 5.21. The zero-order valence-electron chi connectivity index (χ0n) is 12.5. The van der Waals surface area contributed by atoms with Crippen LogP contribution in [0.4, 0.5) is 0 Å². The molecule has 1 N–H and O–H groups in total. The van der Waals surface area contributed by atoms with E-state index in [1.54, 1.807) is 0 Å². The van der Waals surface area contributed by atoms with E-state index in [2.05, 4.69) is 24.8 Å². The SMILES string of the molecule is CCCCCC(C)N1CCc2ccccc2C1C(=O)O. The van der Waals surface area contributed by atoms with Crippen molar-refractivity contribution in [3.8, 4) is 0 Å². The molecule has 2 unspecified atom stereocenters. The summed E-state index contributed by atoms with van der Waals surface area (Å²) in [6.07, 6.45) is 5.66. The number of hydrogen-bond donors (Lipinski definition) is 1. The van der Waals surface area contributed by atoms with E-state index in [0.717, 1.165) is 24.9 Å². The van der Waals surface area contributed by atoms with Crippen LogP contribution in [0.3, 0.4) is 0 Å². The van der Waals surface area contributed by atoms with Gasteiger partial charge in [0.1, 0.15) is 6.04 Å². The molecular formula is C17H25NO2. The molecule has 0 fully saturated rings. The summed E-state index contributed by atoms with van der Waals surface area (Å²) in [4.78, 5) is 13.9. The van der Waals surface area contributed by atoms with Crippen molar-refractivity contribution in [2.45, 2.75) is 58.0 Å². The number of carboxylic acids is 1. The van der Waals surface area contributed by atoms with E-state index in [-0.39, 0.29) is 0 Å². The largest absolute Gasteiger partial charge is 0.480 e. The normalized spacial score (nSPS) is 20.4. The molecule has 0 amide bonds.